The van der Waals surface area contributed by atoms with E-state index in [1.54, 1.807) is 7.05 Å². The molecule has 0 fully saturated rings. The van der Waals surface area contributed by atoms with E-state index in [0.717, 1.165) is 12.3 Å². The number of amides is 1. The highest BCUT2D eigenvalue weighted by Crippen LogP contribution is 2.29. The SMILES string of the molecule is CN(CCSc1ccc(C(F)(F)F)cn1)C(=O)c1ccc(F)cc1. The van der Waals surface area contributed by atoms with E-state index >= 15 is 0 Å². The van der Waals surface area contributed by atoms with E-state index in [0.29, 0.717) is 22.9 Å². The normalized spacial score (nSPS) is 11.4. The number of benzene rings is 1. The zero-order chi connectivity index (χ0) is 17.7. The first-order chi connectivity index (χ1) is 11.3. The van der Waals surface area contributed by atoms with Crippen LogP contribution in [0.5, 0.6) is 0 Å². The lowest BCUT2D eigenvalue weighted by atomic mass is 10.2. The van der Waals surface area contributed by atoms with Gasteiger partial charge >= 0.3 is 6.18 Å². The first-order valence-electron chi connectivity index (χ1n) is 6.94. The number of carbonyl (C=O) groups excluding carboxylic acids is 1. The van der Waals surface area contributed by atoms with Crippen LogP contribution < -0.4 is 0 Å². The molecule has 0 spiro atoms. The monoisotopic (exact) mass is 358 g/mol. The molecule has 1 aromatic heterocycles. The summed E-state index contributed by atoms with van der Waals surface area (Å²) in [6.45, 7) is 0.379. The molecule has 0 radical (unpaired) electrons. The Morgan fingerprint density at radius 2 is 1.83 bits per heavy atom. The smallest absolute Gasteiger partial charge is 0.341 e. The number of thioether (sulfide) groups is 1. The Morgan fingerprint density at radius 1 is 1.17 bits per heavy atom. The fourth-order valence-corrected chi connectivity index (χ4v) is 2.70. The van der Waals surface area contributed by atoms with Gasteiger partial charge in [-0.15, -0.1) is 11.8 Å². The summed E-state index contributed by atoms with van der Waals surface area (Å²) in [5.41, 5.74) is -0.424. The van der Waals surface area contributed by atoms with Crippen LogP contribution >= 0.6 is 11.8 Å². The minimum Gasteiger partial charge on any atom is -0.341 e. The van der Waals surface area contributed by atoms with Gasteiger partial charge in [0.25, 0.3) is 5.91 Å². The number of halogens is 4. The van der Waals surface area contributed by atoms with E-state index in [9.17, 15) is 22.4 Å². The van der Waals surface area contributed by atoms with Crippen molar-refractivity contribution < 1.29 is 22.4 Å². The molecule has 0 N–H and O–H groups in total. The summed E-state index contributed by atoms with van der Waals surface area (Å²) in [6.07, 6.45) is -3.62. The highest BCUT2D eigenvalue weighted by Gasteiger charge is 2.30. The molecule has 0 aliphatic rings. The second-order valence-electron chi connectivity index (χ2n) is 4.96. The number of rotatable bonds is 5. The zero-order valence-corrected chi connectivity index (χ0v) is 13.5. The van der Waals surface area contributed by atoms with Crippen molar-refractivity contribution in [3.63, 3.8) is 0 Å². The molecule has 0 aliphatic carbocycles. The lowest BCUT2D eigenvalue weighted by Crippen LogP contribution is -2.28. The van der Waals surface area contributed by atoms with Crippen LogP contribution in [0.2, 0.25) is 0 Å². The Labute approximate surface area is 140 Å². The Hall–Kier alpha value is -2.09. The first kappa shape index (κ1) is 18.3. The van der Waals surface area contributed by atoms with Gasteiger partial charge in [0.15, 0.2) is 0 Å². The van der Waals surface area contributed by atoms with E-state index in [-0.39, 0.29) is 5.91 Å². The molecule has 1 aromatic carbocycles. The molecule has 3 nitrogen and oxygen atoms in total. The predicted molar refractivity (Wildman–Crippen MR) is 83.3 cm³/mol. The predicted octanol–water partition coefficient (Wildman–Crippen LogP) is 4.10. The van der Waals surface area contributed by atoms with Gasteiger partial charge in [-0.2, -0.15) is 13.2 Å². The molecule has 0 unspecified atom stereocenters. The Bertz CT molecular complexity index is 687. The molecule has 0 saturated heterocycles. The summed E-state index contributed by atoms with van der Waals surface area (Å²) in [5.74, 6) is -0.198. The van der Waals surface area contributed by atoms with Crippen LogP contribution in [0.15, 0.2) is 47.6 Å². The molecule has 0 saturated carbocycles. The summed E-state index contributed by atoms with van der Waals surface area (Å²) in [7, 11) is 1.60. The first-order valence-corrected chi connectivity index (χ1v) is 7.93. The maximum absolute atomic E-state index is 12.8. The Balaban J connectivity index is 1.85. The molecule has 0 atom stereocenters. The highest BCUT2D eigenvalue weighted by atomic mass is 32.2. The van der Waals surface area contributed by atoms with E-state index in [2.05, 4.69) is 4.98 Å². The molecule has 2 aromatic rings. The standard InChI is InChI=1S/C16H14F4N2OS/c1-22(15(23)11-2-5-13(17)6-3-11)8-9-24-14-7-4-12(10-21-14)16(18,19)20/h2-7,10H,8-9H2,1H3. The minimum absolute atomic E-state index is 0.254. The lowest BCUT2D eigenvalue weighted by Gasteiger charge is -2.16. The number of hydrogen-bond acceptors (Lipinski definition) is 3. The molecular weight excluding hydrogens is 344 g/mol. The van der Waals surface area contributed by atoms with Crippen molar-refractivity contribution in [3.8, 4) is 0 Å². The Kier molecular flexibility index (Phi) is 5.82. The number of hydrogen-bond donors (Lipinski definition) is 0. The van der Waals surface area contributed by atoms with Gasteiger partial charge in [0, 0.05) is 31.1 Å². The van der Waals surface area contributed by atoms with Gasteiger partial charge in [0.05, 0.1) is 10.6 Å². The third-order valence-corrected chi connectivity index (χ3v) is 4.10. The molecule has 0 bridgehead atoms. The van der Waals surface area contributed by atoms with Gasteiger partial charge in [0.2, 0.25) is 0 Å². The van der Waals surface area contributed by atoms with Crippen LogP contribution in [-0.2, 0) is 6.18 Å². The number of carbonyl (C=O) groups is 1. The fraction of sp³-hybridized carbons (Fsp3) is 0.250. The summed E-state index contributed by atoms with van der Waals surface area (Å²) in [5, 5.41) is 0.450. The van der Waals surface area contributed by atoms with E-state index < -0.39 is 17.6 Å². The quantitative estimate of drug-likeness (QED) is 0.596. The van der Waals surface area contributed by atoms with Gasteiger partial charge in [-0.25, -0.2) is 9.37 Å². The molecule has 1 amide bonds. The van der Waals surface area contributed by atoms with Crippen LogP contribution in [0.25, 0.3) is 0 Å². The van der Waals surface area contributed by atoms with Gasteiger partial charge < -0.3 is 4.90 Å². The van der Waals surface area contributed by atoms with Crippen LogP contribution in [0.4, 0.5) is 17.6 Å². The molecule has 128 valence electrons. The maximum atomic E-state index is 12.8. The van der Waals surface area contributed by atoms with Gasteiger partial charge in [0.1, 0.15) is 5.82 Å². The Morgan fingerprint density at radius 3 is 2.38 bits per heavy atom. The van der Waals surface area contributed by atoms with Crippen molar-refractivity contribution in [2.24, 2.45) is 0 Å². The van der Waals surface area contributed by atoms with Crippen molar-refractivity contribution in [3.05, 3.63) is 59.5 Å². The average Bonchev–Trinajstić information content (AvgIpc) is 2.54. The second kappa shape index (κ2) is 7.65. The lowest BCUT2D eigenvalue weighted by molar-refractivity contribution is -0.137. The molecule has 2 rings (SSSR count). The summed E-state index contributed by atoms with van der Waals surface area (Å²) >= 11 is 1.25. The summed E-state index contributed by atoms with van der Waals surface area (Å²) in [6, 6.07) is 7.50. The van der Waals surface area contributed by atoms with Crippen molar-refractivity contribution >= 4 is 17.7 Å². The number of aromatic nitrogens is 1. The number of alkyl halides is 3. The number of pyridine rings is 1. The van der Waals surface area contributed by atoms with E-state index in [1.165, 1.54) is 47.0 Å². The van der Waals surface area contributed by atoms with Crippen molar-refractivity contribution in [1.82, 2.24) is 9.88 Å². The third kappa shape index (κ3) is 4.95. The van der Waals surface area contributed by atoms with Gasteiger partial charge in [-0.05, 0) is 36.4 Å². The van der Waals surface area contributed by atoms with Crippen molar-refractivity contribution in [2.75, 3.05) is 19.3 Å². The van der Waals surface area contributed by atoms with Crippen LogP contribution in [0, 0.1) is 5.82 Å². The summed E-state index contributed by atoms with van der Waals surface area (Å²) < 4.78 is 50.2. The van der Waals surface area contributed by atoms with Crippen LogP contribution in [-0.4, -0.2) is 35.1 Å². The van der Waals surface area contributed by atoms with Crippen LogP contribution in [0.1, 0.15) is 15.9 Å². The highest BCUT2D eigenvalue weighted by molar-refractivity contribution is 7.99. The third-order valence-electron chi connectivity index (χ3n) is 3.18. The molecular formula is C16H14F4N2OS. The van der Waals surface area contributed by atoms with Gasteiger partial charge in [-0.1, -0.05) is 0 Å². The van der Waals surface area contributed by atoms with Crippen molar-refractivity contribution in [1.29, 1.82) is 0 Å². The van der Waals surface area contributed by atoms with Crippen LogP contribution in [0.3, 0.4) is 0 Å². The minimum atomic E-state index is -4.40. The van der Waals surface area contributed by atoms with Gasteiger partial charge in [-0.3, -0.25) is 4.79 Å². The second-order valence-corrected chi connectivity index (χ2v) is 6.08. The van der Waals surface area contributed by atoms with Crippen molar-refractivity contribution in [2.45, 2.75) is 11.2 Å². The molecule has 8 heteroatoms. The maximum Gasteiger partial charge on any atom is 0.417 e. The molecule has 24 heavy (non-hydrogen) atoms. The largest absolute Gasteiger partial charge is 0.417 e. The molecule has 0 aliphatic heterocycles. The van der Waals surface area contributed by atoms with E-state index in [4.69, 9.17) is 0 Å². The topological polar surface area (TPSA) is 33.2 Å². The van der Waals surface area contributed by atoms with E-state index in [1.807, 2.05) is 0 Å². The fourth-order valence-electron chi connectivity index (χ4n) is 1.83. The number of nitrogens with zero attached hydrogens (tertiary/aromatic N) is 2. The average molecular weight is 358 g/mol. The molecule has 1 heterocycles. The summed E-state index contributed by atoms with van der Waals surface area (Å²) in [4.78, 5) is 17.3. The zero-order valence-electron chi connectivity index (χ0n) is 12.7.